The van der Waals surface area contributed by atoms with Gasteiger partial charge in [-0.25, -0.2) is 9.48 Å². The van der Waals surface area contributed by atoms with Gasteiger partial charge in [0.1, 0.15) is 24.6 Å². The number of carbonyl (C=O) groups is 2. The van der Waals surface area contributed by atoms with Gasteiger partial charge in [0, 0.05) is 12.1 Å². The van der Waals surface area contributed by atoms with Gasteiger partial charge in [0.25, 0.3) is 5.91 Å². The van der Waals surface area contributed by atoms with E-state index < -0.39 is 11.7 Å². The van der Waals surface area contributed by atoms with Crippen LogP contribution in [-0.4, -0.2) is 37.0 Å². The Kier molecular flexibility index (Phi) is 5.47. The van der Waals surface area contributed by atoms with Gasteiger partial charge in [0.15, 0.2) is 5.58 Å². The zero-order valence-corrected chi connectivity index (χ0v) is 16.1. The summed E-state index contributed by atoms with van der Waals surface area (Å²) >= 11 is 0. The number of H-pyrrole nitrogens is 1. The third-order valence-electron chi connectivity index (χ3n) is 4.30. The molecule has 1 amide bonds. The molecule has 2 heterocycles. The highest BCUT2D eigenvalue weighted by molar-refractivity contribution is 5.96. The number of aliphatic carboxylic acids is 1. The number of aromatic nitrogens is 4. The summed E-state index contributed by atoms with van der Waals surface area (Å²) in [6, 6.07) is 11.9. The molecule has 0 bridgehead atoms. The van der Waals surface area contributed by atoms with Gasteiger partial charge in [-0.15, -0.1) is 5.10 Å². The van der Waals surface area contributed by atoms with Crippen molar-refractivity contribution in [2.24, 2.45) is 0 Å². The lowest BCUT2D eigenvalue weighted by Gasteiger charge is -2.08. The zero-order chi connectivity index (χ0) is 21.8. The van der Waals surface area contributed by atoms with Gasteiger partial charge in [-0.05, 0) is 35.9 Å². The van der Waals surface area contributed by atoms with Crippen LogP contribution in [0.25, 0.3) is 11.1 Å². The Balaban J connectivity index is 1.34. The second kappa shape index (κ2) is 8.53. The van der Waals surface area contributed by atoms with Crippen LogP contribution in [0.4, 0.5) is 0 Å². The Bertz CT molecular complexity index is 1300. The van der Waals surface area contributed by atoms with E-state index in [4.69, 9.17) is 14.3 Å². The molecule has 158 valence electrons. The van der Waals surface area contributed by atoms with E-state index in [0.717, 1.165) is 5.56 Å². The molecule has 0 aliphatic rings. The molecule has 0 saturated heterocycles. The van der Waals surface area contributed by atoms with E-state index in [1.165, 1.54) is 16.9 Å². The third kappa shape index (κ3) is 4.96. The molecule has 0 spiro atoms. The van der Waals surface area contributed by atoms with E-state index in [0.29, 0.717) is 28.1 Å². The Labute approximate surface area is 174 Å². The molecule has 4 rings (SSSR count). The third-order valence-corrected chi connectivity index (χ3v) is 4.30. The van der Waals surface area contributed by atoms with E-state index in [1.54, 1.807) is 30.3 Å². The van der Waals surface area contributed by atoms with Gasteiger partial charge in [0.2, 0.25) is 0 Å². The SMILES string of the molecule is O=C(O)Cn1cc(COc2cccc(CNC(=O)c3ccc4[nH]c(=O)oc4c3)c2)nn1. The molecule has 4 aromatic rings. The first kappa shape index (κ1) is 19.9. The number of nitrogens with zero attached hydrogens (tertiary/aromatic N) is 3. The normalized spacial score (nSPS) is 10.8. The van der Waals surface area contributed by atoms with Crippen molar-refractivity contribution in [3.8, 4) is 5.75 Å². The largest absolute Gasteiger partial charge is 0.487 e. The fraction of sp³-hybridized carbons (Fsp3) is 0.150. The van der Waals surface area contributed by atoms with Gasteiger partial charge in [-0.3, -0.25) is 14.6 Å². The summed E-state index contributed by atoms with van der Waals surface area (Å²) < 4.78 is 11.9. The van der Waals surface area contributed by atoms with E-state index in [2.05, 4.69) is 20.6 Å². The van der Waals surface area contributed by atoms with E-state index >= 15 is 0 Å². The number of hydrogen-bond acceptors (Lipinski definition) is 7. The van der Waals surface area contributed by atoms with Crippen molar-refractivity contribution in [1.29, 1.82) is 0 Å². The minimum Gasteiger partial charge on any atom is -0.487 e. The first-order valence-corrected chi connectivity index (χ1v) is 9.20. The molecular weight excluding hydrogens is 406 g/mol. The lowest BCUT2D eigenvalue weighted by atomic mass is 10.1. The monoisotopic (exact) mass is 423 g/mol. The number of fused-ring (bicyclic) bond motifs is 1. The van der Waals surface area contributed by atoms with Crippen molar-refractivity contribution in [2.75, 3.05) is 0 Å². The van der Waals surface area contributed by atoms with Crippen LogP contribution in [0.5, 0.6) is 5.75 Å². The predicted octanol–water partition coefficient (Wildman–Crippen LogP) is 1.31. The lowest BCUT2D eigenvalue weighted by Crippen LogP contribution is -2.22. The molecule has 0 fully saturated rings. The number of oxazole rings is 1. The Morgan fingerprint density at radius 2 is 2.10 bits per heavy atom. The molecule has 11 nitrogen and oxygen atoms in total. The minimum atomic E-state index is -1.01. The Hall–Kier alpha value is -4.41. The van der Waals surface area contributed by atoms with Gasteiger partial charge in [0.05, 0.1) is 11.7 Å². The molecule has 2 aromatic heterocycles. The molecule has 11 heteroatoms. The maximum atomic E-state index is 12.4. The number of amides is 1. The molecule has 0 unspecified atom stereocenters. The van der Waals surface area contributed by atoms with Crippen LogP contribution in [0.15, 0.2) is 57.9 Å². The van der Waals surface area contributed by atoms with E-state index in [1.807, 2.05) is 6.07 Å². The quantitative estimate of drug-likeness (QED) is 0.383. The molecule has 0 aliphatic heterocycles. The number of nitrogens with one attached hydrogen (secondary N) is 2. The van der Waals surface area contributed by atoms with Crippen LogP contribution in [0.3, 0.4) is 0 Å². The summed E-state index contributed by atoms with van der Waals surface area (Å²) in [5, 5.41) is 19.1. The van der Waals surface area contributed by atoms with E-state index in [9.17, 15) is 14.4 Å². The summed E-state index contributed by atoms with van der Waals surface area (Å²) in [6.07, 6.45) is 1.50. The molecule has 31 heavy (non-hydrogen) atoms. The number of hydrogen-bond donors (Lipinski definition) is 3. The molecule has 0 saturated carbocycles. The average Bonchev–Trinajstić information content (AvgIpc) is 3.34. The van der Waals surface area contributed by atoms with Crippen LogP contribution >= 0.6 is 0 Å². The minimum absolute atomic E-state index is 0.122. The first-order chi connectivity index (χ1) is 15.0. The van der Waals surface area contributed by atoms with Crippen molar-refractivity contribution >= 4 is 23.0 Å². The number of ether oxygens (including phenoxy) is 1. The van der Waals surface area contributed by atoms with Crippen molar-refractivity contribution in [1.82, 2.24) is 25.3 Å². The van der Waals surface area contributed by atoms with Crippen molar-refractivity contribution < 1.29 is 23.8 Å². The molecule has 2 aromatic carbocycles. The van der Waals surface area contributed by atoms with E-state index in [-0.39, 0.29) is 25.6 Å². The van der Waals surface area contributed by atoms with Gasteiger partial charge < -0.3 is 19.6 Å². The first-order valence-electron chi connectivity index (χ1n) is 9.20. The van der Waals surface area contributed by atoms with Crippen LogP contribution in [0, 0.1) is 0 Å². The summed E-state index contributed by atoms with van der Waals surface area (Å²) in [7, 11) is 0. The topological polar surface area (TPSA) is 152 Å². The van der Waals surface area contributed by atoms with Crippen LogP contribution in [-0.2, 0) is 24.5 Å². The smallest absolute Gasteiger partial charge is 0.417 e. The molecule has 3 N–H and O–H groups in total. The standard InChI is InChI=1S/C20H17N5O6/c26-18(27)10-25-9-14(23-24-25)11-30-15-3-1-2-12(6-15)8-21-19(28)13-4-5-16-17(7-13)31-20(29)22-16/h1-7,9H,8,10-11H2,(H,21,28)(H,22,29)(H,26,27). The fourth-order valence-electron chi connectivity index (χ4n) is 2.89. The maximum absolute atomic E-state index is 12.4. The summed E-state index contributed by atoms with van der Waals surface area (Å²) in [5.41, 5.74) is 2.51. The van der Waals surface area contributed by atoms with Crippen molar-refractivity contribution in [2.45, 2.75) is 19.7 Å². The lowest BCUT2D eigenvalue weighted by molar-refractivity contribution is -0.137. The Morgan fingerprint density at radius 3 is 2.94 bits per heavy atom. The number of benzene rings is 2. The Morgan fingerprint density at radius 1 is 1.23 bits per heavy atom. The highest BCUT2D eigenvalue weighted by Gasteiger charge is 2.10. The number of carboxylic acids is 1. The van der Waals surface area contributed by atoms with Crippen LogP contribution < -0.4 is 15.8 Å². The molecule has 0 atom stereocenters. The van der Waals surface area contributed by atoms with Gasteiger partial charge >= 0.3 is 11.7 Å². The second-order valence-electron chi connectivity index (χ2n) is 6.65. The number of carboxylic acid groups (broad SMARTS) is 1. The fourth-order valence-corrected chi connectivity index (χ4v) is 2.89. The van der Waals surface area contributed by atoms with Crippen LogP contribution in [0.2, 0.25) is 0 Å². The highest BCUT2D eigenvalue weighted by atomic mass is 16.5. The molecular formula is C20H17N5O6. The van der Waals surface area contributed by atoms with Crippen molar-refractivity contribution in [3.05, 3.63) is 76.0 Å². The summed E-state index contributed by atoms with van der Waals surface area (Å²) in [4.78, 5) is 36.8. The number of carbonyl (C=O) groups excluding carboxylic acids is 1. The molecule has 0 aliphatic carbocycles. The average molecular weight is 423 g/mol. The van der Waals surface area contributed by atoms with Crippen molar-refractivity contribution in [3.63, 3.8) is 0 Å². The van der Waals surface area contributed by atoms with Gasteiger partial charge in [-0.1, -0.05) is 17.3 Å². The summed E-state index contributed by atoms with van der Waals surface area (Å²) in [5.74, 6) is -1.33. The second-order valence-corrected chi connectivity index (χ2v) is 6.65. The number of rotatable bonds is 8. The summed E-state index contributed by atoms with van der Waals surface area (Å²) in [6.45, 7) is 0.114. The highest BCUT2D eigenvalue weighted by Crippen LogP contribution is 2.16. The maximum Gasteiger partial charge on any atom is 0.417 e. The number of aromatic amines is 1. The zero-order valence-electron chi connectivity index (χ0n) is 16.1. The predicted molar refractivity (Wildman–Crippen MR) is 106 cm³/mol. The van der Waals surface area contributed by atoms with Gasteiger partial charge in [-0.2, -0.15) is 0 Å². The van der Waals surface area contributed by atoms with Crippen LogP contribution in [0.1, 0.15) is 21.6 Å². The molecule has 0 radical (unpaired) electrons.